The van der Waals surface area contributed by atoms with Crippen molar-refractivity contribution in [3.8, 4) is 0 Å². The van der Waals surface area contributed by atoms with E-state index in [2.05, 4.69) is 0 Å². The Morgan fingerprint density at radius 1 is 1.67 bits per heavy atom. The number of rotatable bonds is 0. The molecule has 0 aromatic heterocycles. The zero-order valence-corrected chi connectivity index (χ0v) is 2.56. The van der Waals surface area contributed by atoms with Crippen LogP contribution in [0.3, 0.4) is 0 Å². The van der Waals surface area contributed by atoms with Gasteiger partial charge in [-0.15, -0.1) is 0 Å². The molecule has 0 saturated heterocycles. The van der Waals surface area contributed by atoms with Gasteiger partial charge in [0, 0.05) is 5.34 Å². The molecular formula is CHF2NO2. The van der Waals surface area contributed by atoms with E-state index in [1.165, 1.54) is 0 Å². The molecule has 0 aliphatic heterocycles. The van der Waals surface area contributed by atoms with Crippen LogP contribution in [0.15, 0.2) is 0 Å². The van der Waals surface area contributed by atoms with Crippen molar-refractivity contribution in [2.45, 2.75) is 0 Å². The molecule has 0 spiro atoms. The molecule has 0 atom stereocenters. The lowest BCUT2D eigenvalue weighted by Crippen LogP contribution is -2.08. The first kappa shape index (κ1) is 5.13. The van der Waals surface area contributed by atoms with Crippen LogP contribution in [0.1, 0.15) is 0 Å². The first-order valence-corrected chi connectivity index (χ1v) is 0.989. The van der Waals surface area contributed by atoms with E-state index in [9.17, 15) is 8.96 Å². The minimum Gasteiger partial charge on any atom is -0.461 e. The van der Waals surface area contributed by atoms with Crippen molar-refractivity contribution in [3.63, 3.8) is 0 Å². The minimum atomic E-state index is -2.24. The van der Waals surface area contributed by atoms with Crippen molar-refractivity contribution < 1.29 is 18.9 Å². The van der Waals surface area contributed by atoms with E-state index in [1.807, 2.05) is 0 Å². The summed E-state index contributed by atoms with van der Waals surface area (Å²) in [5, 5.41) is 5.25. The van der Waals surface area contributed by atoms with Crippen molar-refractivity contribution in [2.24, 2.45) is 0 Å². The van der Waals surface area contributed by atoms with Crippen molar-refractivity contribution >= 4 is 6.09 Å². The van der Waals surface area contributed by atoms with E-state index >= 15 is 0 Å². The van der Waals surface area contributed by atoms with Gasteiger partial charge in [-0.2, -0.15) is 0 Å². The van der Waals surface area contributed by atoms with Crippen molar-refractivity contribution in [2.75, 3.05) is 0 Å². The molecule has 0 unspecified atom stereocenters. The zero-order chi connectivity index (χ0) is 5.15. The zero-order valence-electron chi connectivity index (χ0n) is 2.56. The molecule has 0 bridgehead atoms. The molecule has 6 heavy (non-hydrogen) atoms. The molecule has 0 aromatic carbocycles. The lowest BCUT2D eigenvalue weighted by molar-refractivity contribution is -0.117. The van der Waals surface area contributed by atoms with Gasteiger partial charge in [-0.25, -0.2) is 4.79 Å². The summed E-state index contributed by atoms with van der Waals surface area (Å²) in [4.78, 5) is 8.88. The fourth-order valence-electron chi connectivity index (χ4n) is 0. The Morgan fingerprint density at radius 3 is 1.83 bits per heavy atom. The summed E-state index contributed by atoms with van der Waals surface area (Å²) in [5.74, 6) is 0. The first-order valence-electron chi connectivity index (χ1n) is 0.989. The number of carbonyl (C=O) groups is 1. The highest BCUT2D eigenvalue weighted by Crippen LogP contribution is 1.85. The average molecular weight is 97.0 g/mol. The maximum Gasteiger partial charge on any atom is 0.465 e. The molecule has 0 radical (unpaired) electrons. The highest BCUT2D eigenvalue weighted by molar-refractivity contribution is 5.61. The van der Waals surface area contributed by atoms with Gasteiger partial charge in [0.1, 0.15) is 0 Å². The highest BCUT2D eigenvalue weighted by Gasteiger charge is 2.04. The highest BCUT2D eigenvalue weighted by atomic mass is 19.4. The molecule has 0 saturated carbocycles. The lowest BCUT2D eigenvalue weighted by atomic mass is 11.3. The maximum absolute atomic E-state index is 10.4. The molecule has 5 heteroatoms. The van der Waals surface area contributed by atoms with Crippen LogP contribution in [-0.4, -0.2) is 16.5 Å². The molecule has 0 aromatic rings. The third kappa shape index (κ3) is 1.45. The second kappa shape index (κ2) is 1.54. The molecule has 1 N–H and O–H groups in total. The summed E-state index contributed by atoms with van der Waals surface area (Å²) in [6.45, 7) is 0. The molecule has 0 aliphatic carbocycles. The predicted octanol–water partition coefficient (Wildman–Crippen LogP) is 0.735. The van der Waals surface area contributed by atoms with E-state index in [0.717, 1.165) is 0 Å². The molecule has 0 fully saturated rings. The number of nitrogens with zero attached hydrogens (tertiary/aromatic N) is 1. The molecule has 1 amide bonds. The van der Waals surface area contributed by atoms with Crippen LogP contribution in [0, 0.1) is 0 Å². The number of hydrogen-bond acceptors (Lipinski definition) is 1. The molecular weight excluding hydrogens is 96.0 g/mol. The number of hydrogen-bond donors (Lipinski definition) is 1. The Morgan fingerprint density at radius 2 is 1.83 bits per heavy atom. The molecule has 0 aliphatic rings. The summed E-state index contributed by atoms with van der Waals surface area (Å²) in [6.07, 6.45) is -2.24. The Balaban J connectivity index is 3.26. The number of amides is 1. The van der Waals surface area contributed by atoms with Crippen molar-refractivity contribution in [1.82, 2.24) is 5.34 Å². The van der Waals surface area contributed by atoms with Crippen molar-refractivity contribution in [3.05, 3.63) is 0 Å². The minimum absolute atomic E-state index is 1.92. The predicted molar refractivity (Wildman–Crippen MR) is 12.1 cm³/mol. The summed E-state index contributed by atoms with van der Waals surface area (Å²) in [5.41, 5.74) is 0. The molecule has 3 nitrogen and oxygen atoms in total. The van der Waals surface area contributed by atoms with Gasteiger partial charge in [-0.3, -0.25) is 0 Å². The third-order valence-corrected chi connectivity index (χ3v) is 0.145. The molecule has 0 heterocycles. The summed E-state index contributed by atoms with van der Waals surface area (Å²) in [7, 11) is 0. The lowest BCUT2D eigenvalue weighted by Gasteiger charge is -1.85. The molecule has 0 rings (SSSR count). The maximum atomic E-state index is 10.4. The Bertz CT molecular complexity index is 62.6. The summed E-state index contributed by atoms with van der Waals surface area (Å²) < 4.78 is 20.8. The third-order valence-electron chi connectivity index (χ3n) is 0.145. The smallest absolute Gasteiger partial charge is 0.461 e. The molecule has 36 valence electrons. The van der Waals surface area contributed by atoms with Gasteiger partial charge in [0.25, 0.3) is 0 Å². The summed E-state index contributed by atoms with van der Waals surface area (Å²) in [6, 6.07) is 0. The fraction of sp³-hybridized carbons (Fsp3) is 0. The standard InChI is InChI=1S/CHF2NO2/c2-4(3)1(5)6/h(H,5,6). The van der Waals surface area contributed by atoms with Crippen LogP contribution in [-0.2, 0) is 0 Å². The van der Waals surface area contributed by atoms with Crippen LogP contribution in [0.4, 0.5) is 13.8 Å². The van der Waals surface area contributed by atoms with Gasteiger partial charge in [0.2, 0.25) is 0 Å². The fourth-order valence-corrected chi connectivity index (χ4v) is 0. The SMILES string of the molecule is O=C(O)N(F)F. The van der Waals surface area contributed by atoms with Crippen LogP contribution < -0.4 is 0 Å². The van der Waals surface area contributed by atoms with Gasteiger partial charge >= 0.3 is 6.09 Å². The van der Waals surface area contributed by atoms with Crippen LogP contribution >= 0.6 is 0 Å². The second-order valence-electron chi connectivity index (χ2n) is 0.515. The average Bonchev–Trinajstić information content (AvgIpc) is 1.36. The van der Waals surface area contributed by atoms with E-state index in [0.29, 0.717) is 0 Å². The monoisotopic (exact) mass is 97.0 g/mol. The van der Waals surface area contributed by atoms with E-state index in [-0.39, 0.29) is 0 Å². The topological polar surface area (TPSA) is 40.5 Å². The van der Waals surface area contributed by atoms with Crippen LogP contribution in [0.2, 0.25) is 0 Å². The van der Waals surface area contributed by atoms with Gasteiger partial charge in [0.05, 0.1) is 0 Å². The Kier molecular flexibility index (Phi) is 1.31. The normalized spacial score (nSPS) is 7.67. The summed E-state index contributed by atoms with van der Waals surface area (Å²) >= 11 is 0. The van der Waals surface area contributed by atoms with E-state index in [1.54, 1.807) is 0 Å². The first-order chi connectivity index (χ1) is 2.64. The van der Waals surface area contributed by atoms with Gasteiger partial charge < -0.3 is 5.11 Å². The number of halogens is 2. The quantitative estimate of drug-likeness (QED) is 0.453. The largest absolute Gasteiger partial charge is 0.465 e. The Hall–Kier alpha value is -0.870. The van der Waals surface area contributed by atoms with Gasteiger partial charge in [-0.05, 0) is 0 Å². The van der Waals surface area contributed by atoms with Crippen LogP contribution in [0.5, 0.6) is 0 Å². The number of carboxylic acid groups (broad SMARTS) is 1. The van der Waals surface area contributed by atoms with Crippen LogP contribution in [0.25, 0.3) is 0 Å². The van der Waals surface area contributed by atoms with Gasteiger partial charge in [0.15, 0.2) is 0 Å². The second-order valence-corrected chi connectivity index (χ2v) is 0.515. The van der Waals surface area contributed by atoms with Gasteiger partial charge in [-0.1, -0.05) is 8.96 Å². The van der Waals surface area contributed by atoms with E-state index in [4.69, 9.17) is 9.90 Å². The Labute approximate surface area is 31.7 Å². The van der Waals surface area contributed by atoms with Crippen molar-refractivity contribution in [1.29, 1.82) is 0 Å². The van der Waals surface area contributed by atoms with E-state index < -0.39 is 11.4 Å².